The molecule has 72 heavy (non-hydrogen) atoms. The van der Waals surface area contributed by atoms with Gasteiger partial charge in [-0.2, -0.15) is 0 Å². The summed E-state index contributed by atoms with van der Waals surface area (Å²) in [6, 6.07) is 8.67. The van der Waals surface area contributed by atoms with Gasteiger partial charge in [-0.25, -0.2) is 0 Å². The summed E-state index contributed by atoms with van der Waals surface area (Å²) in [6.45, 7) is 20.6. The van der Waals surface area contributed by atoms with Gasteiger partial charge in [0.25, 0.3) is 11.8 Å². The molecule has 2 aromatic carbocycles. The lowest BCUT2D eigenvalue weighted by molar-refractivity contribution is -0.144. The van der Waals surface area contributed by atoms with Gasteiger partial charge in [0.05, 0.1) is 12.1 Å². The summed E-state index contributed by atoms with van der Waals surface area (Å²) in [4.78, 5) is 111. The Morgan fingerprint density at radius 1 is 0.639 bits per heavy atom. The van der Waals surface area contributed by atoms with E-state index in [0.717, 1.165) is 12.8 Å². The smallest absolute Gasteiger partial charge is 0.251 e. The summed E-state index contributed by atoms with van der Waals surface area (Å²) in [7, 11) is 3.31. The fourth-order valence-corrected chi connectivity index (χ4v) is 8.70. The van der Waals surface area contributed by atoms with E-state index in [0.29, 0.717) is 19.3 Å². The summed E-state index contributed by atoms with van der Waals surface area (Å²) in [6.07, 6.45) is 3.55. The number of nitrogens with one attached hydrogen (secondary N) is 9. The number of rotatable bonds is 22. The fourth-order valence-electron chi connectivity index (χ4n) is 8.70. The van der Waals surface area contributed by atoms with Gasteiger partial charge in [0.1, 0.15) is 24.2 Å². The first-order valence-electron chi connectivity index (χ1n) is 25.7. The zero-order valence-corrected chi connectivity index (χ0v) is 45.0. The van der Waals surface area contributed by atoms with Crippen molar-refractivity contribution in [2.75, 3.05) is 27.2 Å². The van der Waals surface area contributed by atoms with E-state index < -0.39 is 76.8 Å². The Labute approximate surface area is 427 Å². The molecule has 2 aliphatic rings. The van der Waals surface area contributed by atoms with E-state index >= 15 is 0 Å². The van der Waals surface area contributed by atoms with Crippen LogP contribution in [0.1, 0.15) is 140 Å². The summed E-state index contributed by atoms with van der Waals surface area (Å²) in [5.74, 6) is -3.04. The third kappa shape index (κ3) is 16.6. The van der Waals surface area contributed by atoms with Gasteiger partial charge in [-0.3, -0.25) is 38.4 Å². The first-order chi connectivity index (χ1) is 33.7. The van der Waals surface area contributed by atoms with E-state index in [4.69, 9.17) is 0 Å². The number of nitrogens with zero attached hydrogens (tertiary/aromatic N) is 1. The van der Waals surface area contributed by atoms with Crippen molar-refractivity contribution < 1.29 is 38.4 Å². The molecule has 0 saturated carbocycles. The van der Waals surface area contributed by atoms with E-state index in [9.17, 15) is 38.4 Å². The maximum Gasteiger partial charge on any atom is 0.251 e. The number of carbonyl (C=O) groups is 8. The van der Waals surface area contributed by atoms with Crippen LogP contribution in [0.3, 0.4) is 0 Å². The average molecular weight is 1000 g/mol. The molecule has 4 rings (SSSR count). The number of benzene rings is 2. The highest BCUT2D eigenvalue weighted by Crippen LogP contribution is 2.28. The number of hydrogen-bond donors (Lipinski definition) is 9. The average Bonchev–Trinajstić information content (AvgIpc) is 3.76. The zero-order chi connectivity index (χ0) is 53.7. The van der Waals surface area contributed by atoms with E-state index in [1.807, 2.05) is 74.4 Å². The van der Waals surface area contributed by atoms with Crippen molar-refractivity contribution in [1.29, 1.82) is 0 Å². The molecule has 9 unspecified atom stereocenters. The van der Waals surface area contributed by atoms with Gasteiger partial charge in [-0.05, 0) is 126 Å². The summed E-state index contributed by atoms with van der Waals surface area (Å²) < 4.78 is 0. The Morgan fingerprint density at radius 3 is 1.81 bits per heavy atom. The van der Waals surface area contributed by atoms with Crippen molar-refractivity contribution in [2.45, 2.75) is 175 Å². The quantitative estimate of drug-likeness (QED) is 0.0781. The number of amides is 8. The van der Waals surface area contributed by atoms with Gasteiger partial charge in [0.15, 0.2) is 0 Å². The van der Waals surface area contributed by atoms with Gasteiger partial charge in [0, 0.05) is 42.3 Å². The Bertz CT molecular complexity index is 2240. The maximum absolute atomic E-state index is 14.5. The highest BCUT2D eigenvalue weighted by Gasteiger charge is 2.46. The molecule has 8 amide bonds. The van der Waals surface area contributed by atoms with Crippen molar-refractivity contribution in [3.63, 3.8) is 0 Å². The third-order valence-corrected chi connectivity index (χ3v) is 14.0. The minimum absolute atomic E-state index is 0.0208. The standard InChI is InChI=1S/C54H84N10O8/c1-31(2)32(3)58-49(69)41(61-51(71)43(53(6,7)8)62-45(65)33(4)55-12)23-16-17-26-57-47(67)37-21-18-22-38(27-37)48(68)60-40-29-42(50(70)59-39-25-24-35-19-14-15-20-36(35)28-39)64(30-40)52(72)44(54(9,10)11)63-46(66)34(5)56-13/h14-15,18-22,27,31-34,39-44,55-56H,16-17,23-26,28-30H2,1-13H3,(H,57,67)(H,58,69)(H,59,70)(H,60,68)(H,61,71)(H,62,65)(H,63,66). The molecule has 1 aliphatic heterocycles. The van der Waals surface area contributed by atoms with Gasteiger partial charge >= 0.3 is 0 Å². The molecule has 18 heteroatoms. The Kier molecular flexibility index (Phi) is 21.3. The number of unbranched alkanes of at least 4 members (excludes halogenated alkanes) is 1. The minimum atomic E-state index is -0.971. The number of aryl methyl sites for hydroxylation is 1. The second-order valence-corrected chi connectivity index (χ2v) is 22.2. The van der Waals surface area contributed by atoms with Crippen LogP contribution >= 0.6 is 0 Å². The molecule has 0 spiro atoms. The van der Waals surface area contributed by atoms with Crippen LogP contribution < -0.4 is 47.9 Å². The molecule has 1 saturated heterocycles. The normalized spacial score (nSPS) is 19.3. The number of carbonyl (C=O) groups excluding carboxylic acids is 8. The lowest BCUT2D eigenvalue weighted by atomic mass is 9.85. The Morgan fingerprint density at radius 2 is 1.22 bits per heavy atom. The predicted molar refractivity (Wildman–Crippen MR) is 279 cm³/mol. The Balaban J connectivity index is 1.42. The van der Waals surface area contributed by atoms with Gasteiger partial charge in [-0.15, -0.1) is 0 Å². The zero-order valence-electron chi connectivity index (χ0n) is 45.0. The lowest BCUT2D eigenvalue weighted by Gasteiger charge is -2.36. The highest BCUT2D eigenvalue weighted by molar-refractivity contribution is 6.00. The molecule has 0 radical (unpaired) electrons. The number of hydrogen-bond acceptors (Lipinski definition) is 10. The van der Waals surface area contributed by atoms with Crippen molar-refractivity contribution in [1.82, 2.24) is 52.8 Å². The number of fused-ring (bicyclic) bond motifs is 1. The van der Waals surface area contributed by atoms with Crippen LogP contribution in [-0.2, 0) is 41.6 Å². The van der Waals surface area contributed by atoms with E-state index in [2.05, 4.69) is 60.0 Å². The van der Waals surface area contributed by atoms with Crippen LogP contribution in [-0.4, -0.2) is 134 Å². The monoisotopic (exact) mass is 1000 g/mol. The van der Waals surface area contributed by atoms with Crippen molar-refractivity contribution in [2.24, 2.45) is 16.7 Å². The largest absolute Gasteiger partial charge is 0.352 e. The van der Waals surface area contributed by atoms with E-state index in [1.54, 1.807) is 46.1 Å². The van der Waals surface area contributed by atoms with Crippen LogP contribution in [0, 0.1) is 16.7 Å². The van der Waals surface area contributed by atoms with Crippen LogP contribution in [0.4, 0.5) is 0 Å². The second-order valence-electron chi connectivity index (χ2n) is 22.2. The van der Waals surface area contributed by atoms with Crippen molar-refractivity contribution >= 4 is 47.3 Å². The maximum atomic E-state index is 14.5. The molecule has 9 N–H and O–H groups in total. The first kappa shape index (κ1) is 58.7. The van der Waals surface area contributed by atoms with E-state index in [-0.39, 0.29) is 78.7 Å². The topological polar surface area (TPSA) is 248 Å². The third-order valence-electron chi connectivity index (χ3n) is 14.0. The highest BCUT2D eigenvalue weighted by atomic mass is 16.2. The summed E-state index contributed by atoms with van der Waals surface area (Å²) in [5, 5.41) is 26.5. The van der Waals surface area contributed by atoms with Crippen molar-refractivity contribution in [3.8, 4) is 0 Å². The second kappa shape index (κ2) is 26.2. The predicted octanol–water partition coefficient (Wildman–Crippen LogP) is 2.88. The molecular formula is C54H84N10O8. The minimum Gasteiger partial charge on any atom is -0.352 e. The first-order valence-corrected chi connectivity index (χ1v) is 25.7. The van der Waals surface area contributed by atoms with Crippen molar-refractivity contribution in [3.05, 3.63) is 70.8 Å². The number of likely N-dealkylation sites (N-methyl/N-ethyl adjacent to an activating group) is 2. The summed E-state index contributed by atoms with van der Waals surface area (Å²) in [5.41, 5.74) is 1.49. The molecule has 1 heterocycles. The van der Waals surface area contributed by atoms with Crippen LogP contribution in [0.25, 0.3) is 0 Å². The fraction of sp³-hybridized carbons (Fsp3) is 0.630. The molecular weight excluding hydrogens is 917 g/mol. The molecule has 0 aromatic heterocycles. The SMILES string of the molecule is CNC(C)C(=O)NC(C(=O)NC(CCCCNC(=O)c1cccc(C(=O)NC2CC(C(=O)NC3CCc4ccccc4C3)N(C(=O)C(NC(=O)C(C)NC)C(C)(C)C)C2)c1)C(=O)NC(C)C(C)C)C(C)(C)C. The molecule has 398 valence electrons. The lowest BCUT2D eigenvalue weighted by Crippen LogP contribution is -2.60. The molecule has 1 aliphatic carbocycles. The molecule has 1 fully saturated rings. The van der Waals surface area contributed by atoms with Crippen LogP contribution in [0.5, 0.6) is 0 Å². The molecule has 9 atom stereocenters. The van der Waals surface area contributed by atoms with Gasteiger partial charge in [-0.1, -0.05) is 85.7 Å². The van der Waals surface area contributed by atoms with Crippen LogP contribution in [0.15, 0.2) is 48.5 Å². The molecule has 18 nitrogen and oxygen atoms in total. The number of likely N-dealkylation sites (tertiary alicyclic amines) is 1. The van der Waals surface area contributed by atoms with Gasteiger partial charge in [0.2, 0.25) is 35.4 Å². The van der Waals surface area contributed by atoms with Gasteiger partial charge < -0.3 is 52.8 Å². The van der Waals surface area contributed by atoms with Crippen LogP contribution in [0.2, 0.25) is 0 Å². The Hall–Kier alpha value is -5.88. The molecule has 2 aromatic rings. The summed E-state index contributed by atoms with van der Waals surface area (Å²) >= 11 is 0. The van der Waals surface area contributed by atoms with E-state index in [1.165, 1.54) is 22.1 Å². The molecule has 0 bridgehead atoms.